The van der Waals surface area contributed by atoms with E-state index in [1.54, 1.807) is 6.07 Å². The van der Waals surface area contributed by atoms with Crippen LogP contribution < -0.4 is 0 Å². The summed E-state index contributed by atoms with van der Waals surface area (Å²) >= 11 is 12.4. The summed E-state index contributed by atoms with van der Waals surface area (Å²) in [6.45, 7) is 4.84. The monoisotopic (exact) mass is 399 g/mol. The molecule has 0 amide bonds. The number of aromatic nitrogens is 3. The molecule has 0 radical (unpaired) electrons. The molecule has 2 aromatic carbocycles. The van der Waals surface area contributed by atoms with Crippen LogP contribution in [0.2, 0.25) is 10.0 Å². The molecule has 27 heavy (non-hydrogen) atoms. The van der Waals surface area contributed by atoms with Crippen LogP contribution in [0.3, 0.4) is 0 Å². The van der Waals surface area contributed by atoms with Gasteiger partial charge in [-0.2, -0.15) is 0 Å². The van der Waals surface area contributed by atoms with Gasteiger partial charge in [0.1, 0.15) is 5.69 Å². The van der Waals surface area contributed by atoms with Crippen LogP contribution in [0.1, 0.15) is 25.3 Å². The van der Waals surface area contributed by atoms with Crippen LogP contribution in [0.5, 0.6) is 0 Å². The van der Waals surface area contributed by atoms with Crippen molar-refractivity contribution in [3.63, 3.8) is 0 Å². The Balaban J connectivity index is 1.81. The predicted molar refractivity (Wildman–Crippen MR) is 109 cm³/mol. The van der Waals surface area contributed by atoms with Crippen molar-refractivity contribution < 1.29 is 4.42 Å². The smallest absolute Gasteiger partial charge is 0.264 e. The average molecular weight is 400 g/mol. The average Bonchev–Trinajstić information content (AvgIpc) is 3.21. The molecule has 0 N–H and O–H groups in total. The van der Waals surface area contributed by atoms with Crippen molar-refractivity contribution in [1.82, 2.24) is 14.8 Å². The first kappa shape index (κ1) is 18.1. The topological polar surface area (TPSA) is 43.9 Å². The zero-order chi connectivity index (χ0) is 19.0. The normalized spacial score (nSPS) is 11.6. The highest BCUT2D eigenvalue weighted by Crippen LogP contribution is 2.30. The lowest BCUT2D eigenvalue weighted by Crippen LogP contribution is -2.02. The van der Waals surface area contributed by atoms with Gasteiger partial charge in [-0.05, 0) is 35.7 Å². The lowest BCUT2D eigenvalue weighted by atomic mass is 10.1. The number of nitrogens with zero attached hydrogens (tertiary/aromatic N) is 3. The Morgan fingerprint density at radius 1 is 1.04 bits per heavy atom. The SMILES string of the molecule is CC(C)Cc1nnc(-c2cc3ccccc3n2Cc2ccc(Cl)cc2Cl)o1. The molecule has 4 aromatic rings. The Kier molecular flexibility index (Phi) is 4.94. The molecule has 0 aliphatic rings. The van der Waals surface area contributed by atoms with E-state index in [9.17, 15) is 0 Å². The van der Waals surface area contributed by atoms with Gasteiger partial charge in [-0.15, -0.1) is 10.2 Å². The summed E-state index contributed by atoms with van der Waals surface area (Å²) in [5.74, 6) is 1.63. The Morgan fingerprint density at radius 3 is 2.63 bits per heavy atom. The maximum atomic E-state index is 6.41. The van der Waals surface area contributed by atoms with Gasteiger partial charge in [0.05, 0.1) is 0 Å². The maximum Gasteiger partial charge on any atom is 0.264 e. The molecule has 0 saturated carbocycles. The van der Waals surface area contributed by atoms with E-state index in [0.717, 1.165) is 28.6 Å². The van der Waals surface area contributed by atoms with Crippen LogP contribution in [-0.2, 0) is 13.0 Å². The molecule has 138 valence electrons. The summed E-state index contributed by atoms with van der Waals surface area (Å²) in [6, 6.07) is 15.8. The Hall–Kier alpha value is -2.30. The number of fused-ring (bicyclic) bond motifs is 1. The van der Waals surface area contributed by atoms with Crippen molar-refractivity contribution in [1.29, 1.82) is 0 Å². The maximum absolute atomic E-state index is 6.41. The number of hydrogen-bond acceptors (Lipinski definition) is 3. The van der Waals surface area contributed by atoms with Gasteiger partial charge < -0.3 is 8.98 Å². The standard InChI is InChI=1S/C21H19Cl2N3O/c1-13(2)9-20-24-25-21(27-20)19-10-14-5-3-4-6-18(14)26(19)12-15-7-8-16(22)11-17(15)23/h3-8,10-11,13H,9,12H2,1-2H3. The molecular weight excluding hydrogens is 381 g/mol. The molecule has 0 atom stereocenters. The molecule has 0 unspecified atom stereocenters. The van der Waals surface area contributed by atoms with Crippen molar-refractivity contribution in [3.8, 4) is 11.6 Å². The second-order valence-corrected chi connectivity index (χ2v) is 7.85. The summed E-state index contributed by atoms with van der Waals surface area (Å²) in [5.41, 5.74) is 2.94. The lowest BCUT2D eigenvalue weighted by Gasteiger charge is -2.11. The molecule has 4 rings (SSSR count). The van der Waals surface area contributed by atoms with Gasteiger partial charge in [-0.25, -0.2) is 0 Å². The molecule has 0 spiro atoms. The first-order chi connectivity index (χ1) is 13.0. The van der Waals surface area contributed by atoms with Crippen molar-refractivity contribution >= 4 is 34.1 Å². The van der Waals surface area contributed by atoms with Crippen LogP contribution in [0.25, 0.3) is 22.5 Å². The zero-order valence-corrected chi connectivity index (χ0v) is 16.6. The van der Waals surface area contributed by atoms with E-state index in [4.69, 9.17) is 27.6 Å². The lowest BCUT2D eigenvalue weighted by molar-refractivity contribution is 0.464. The minimum absolute atomic E-state index is 0.456. The van der Waals surface area contributed by atoms with Crippen molar-refractivity contribution in [2.45, 2.75) is 26.8 Å². The van der Waals surface area contributed by atoms with Crippen LogP contribution >= 0.6 is 23.2 Å². The van der Waals surface area contributed by atoms with Gasteiger partial charge >= 0.3 is 0 Å². The molecule has 2 heterocycles. The van der Waals surface area contributed by atoms with E-state index in [0.29, 0.717) is 34.3 Å². The number of benzene rings is 2. The van der Waals surface area contributed by atoms with Gasteiger partial charge in [0.15, 0.2) is 0 Å². The minimum Gasteiger partial charge on any atom is -0.419 e. The third-order valence-corrected chi connectivity index (χ3v) is 5.01. The number of halogens is 2. The van der Waals surface area contributed by atoms with Gasteiger partial charge in [0, 0.05) is 33.9 Å². The highest BCUT2D eigenvalue weighted by atomic mass is 35.5. The van der Waals surface area contributed by atoms with E-state index < -0.39 is 0 Å². The highest BCUT2D eigenvalue weighted by molar-refractivity contribution is 6.35. The molecule has 4 nitrogen and oxygen atoms in total. The molecule has 0 aliphatic heterocycles. The van der Waals surface area contributed by atoms with Gasteiger partial charge in [0.25, 0.3) is 5.89 Å². The quantitative estimate of drug-likeness (QED) is 0.398. The molecule has 0 fully saturated rings. The molecule has 6 heteroatoms. The fourth-order valence-electron chi connectivity index (χ4n) is 3.17. The van der Waals surface area contributed by atoms with E-state index in [2.05, 4.69) is 46.8 Å². The number of para-hydroxylation sites is 1. The van der Waals surface area contributed by atoms with Gasteiger partial charge in [0.2, 0.25) is 5.89 Å². The largest absolute Gasteiger partial charge is 0.419 e. The summed E-state index contributed by atoms with van der Waals surface area (Å²) in [5, 5.41) is 10.9. The number of hydrogen-bond donors (Lipinski definition) is 0. The van der Waals surface area contributed by atoms with E-state index in [-0.39, 0.29) is 0 Å². The zero-order valence-electron chi connectivity index (χ0n) is 15.1. The Bertz CT molecular complexity index is 1100. The fraction of sp³-hybridized carbons (Fsp3) is 0.238. The van der Waals surface area contributed by atoms with Crippen LogP contribution in [0, 0.1) is 5.92 Å². The second kappa shape index (κ2) is 7.37. The third kappa shape index (κ3) is 3.73. The highest BCUT2D eigenvalue weighted by Gasteiger charge is 2.18. The first-order valence-electron chi connectivity index (χ1n) is 8.86. The Labute approximate surface area is 167 Å². The van der Waals surface area contributed by atoms with Gasteiger partial charge in [-0.1, -0.05) is 61.3 Å². The summed E-state index contributed by atoms with van der Waals surface area (Å²) < 4.78 is 8.09. The van der Waals surface area contributed by atoms with Crippen LogP contribution in [-0.4, -0.2) is 14.8 Å². The molecule has 0 bridgehead atoms. The summed E-state index contributed by atoms with van der Waals surface area (Å²) in [6.07, 6.45) is 0.760. The van der Waals surface area contributed by atoms with Crippen molar-refractivity contribution in [3.05, 3.63) is 70.0 Å². The summed E-state index contributed by atoms with van der Waals surface area (Å²) in [4.78, 5) is 0. The van der Waals surface area contributed by atoms with Gasteiger partial charge in [-0.3, -0.25) is 0 Å². The minimum atomic E-state index is 0.456. The third-order valence-electron chi connectivity index (χ3n) is 4.42. The predicted octanol–water partition coefficient (Wildman–Crippen LogP) is 6.24. The molecule has 2 aromatic heterocycles. The van der Waals surface area contributed by atoms with Crippen molar-refractivity contribution in [2.24, 2.45) is 5.92 Å². The molecular formula is C21H19Cl2N3O. The molecule has 0 aliphatic carbocycles. The fourth-order valence-corrected chi connectivity index (χ4v) is 3.64. The Morgan fingerprint density at radius 2 is 1.85 bits per heavy atom. The number of rotatable bonds is 5. The van der Waals surface area contributed by atoms with E-state index >= 15 is 0 Å². The summed E-state index contributed by atoms with van der Waals surface area (Å²) in [7, 11) is 0. The molecule has 0 saturated heterocycles. The first-order valence-corrected chi connectivity index (χ1v) is 9.62. The van der Waals surface area contributed by atoms with E-state index in [1.165, 1.54) is 0 Å². The van der Waals surface area contributed by atoms with E-state index in [1.807, 2.05) is 24.3 Å². The van der Waals surface area contributed by atoms with Crippen molar-refractivity contribution in [2.75, 3.05) is 0 Å². The van der Waals surface area contributed by atoms with Crippen LogP contribution in [0.4, 0.5) is 0 Å². The van der Waals surface area contributed by atoms with Crippen LogP contribution in [0.15, 0.2) is 52.9 Å². The second-order valence-electron chi connectivity index (χ2n) is 7.01.